The summed E-state index contributed by atoms with van der Waals surface area (Å²) in [4.78, 5) is 23.6. The van der Waals surface area contributed by atoms with Gasteiger partial charge in [-0.2, -0.15) is 0 Å². The molecule has 0 radical (unpaired) electrons. The summed E-state index contributed by atoms with van der Waals surface area (Å²) in [6, 6.07) is 1.56. The zero-order valence-electron chi connectivity index (χ0n) is 11.2. The van der Waals surface area contributed by atoms with Crippen molar-refractivity contribution in [3.05, 3.63) is 27.1 Å². The fourth-order valence-electron chi connectivity index (χ4n) is 1.71. The normalized spacial score (nSPS) is 10.4. The van der Waals surface area contributed by atoms with Crippen molar-refractivity contribution in [3.63, 3.8) is 0 Å². The second kappa shape index (κ2) is 7.85. The maximum Gasteiger partial charge on any atom is 0.324 e. The molecule has 0 aliphatic carbocycles. The molecule has 7 heteroatoms. The summed E-state index contributed by atoms with van der Waals surface area (Å²) in [5.41, 5.74) is 0.881. The molecular weight excluding hydrogens is 266 g/mol. The van der Waals surface area contributed by atoms with Crippen LogP contribution < -0.4 is 5.32 Å². The second-order valence-electron chi connectivity index (χ2n) is 4.04. The quantitative estimate of drug-likeness (QED) is 0.450. The Balaban J connectivity index is 2.27. The Hall–Kier alpha value is -1.47. The highest BCUT2D eigenvalue weighted by Crippen LogP contribution is 2.22. The van der Waals surface area contributed by atoms with E-state index in [0.29, 0.717) is 19.5 Å². The number of nitrogens with one attached hydrogen (secondary N) is 1. The van der Waals surface area contributed by atoms with Crippen molar-refractivity contribution in [1.82, 2.24) is 10.2 Å². The number of nitrogens with zero attached hydrogens (tertiary/aromatic N) is 2. The first-order chi connectivity index (χ1) is 9.08. The largest absolute Gasteiger partial charge is 0.343 e. The Morgan fingerprint density at radius 1 is 1.47 bits per heavy atom. The van der Waals surface area contributed by atoms with Gasteiger partial charge in [-0.3, -0.25) is 14.9 Å². The maximum atomic E-state index is 11.7. The van der Waals surface area contributed by atoms with Gasteiger partial charge in [0.2, 0.25) is 5.91 Å². The first-order valence-corrected chi connectivity index (χ1v) is 7.16. The second-order valence-corrected chi connectivity index (χ2v) is 4.93. The minimum absolute atomic E-state index is 0.133. The summed E-state index contributed by atoms with van der Waals surface area (Å²) in [5.74, 6) is 0.133. The van der Waals surface area contributed by atoms with Crippen LogP contribution in [-0.2, 0) is 11.3 Å². The molecular formula is C12H19N3O3S. The molecule has 1 heterocycles. The first-order valence-electron chi connectivity index (χ1n) is 6.28. The van der Waals surface area contributed by atoms with Gasteiger partial charge in [0.05, 0.1) is 4.92 Å². The minimum atomic E-state index is -0.391. The van der Waals surface area contributed by atoms with Crippen LogP contribution in [0.1, 0.15) is 25.8 Å². The van der Waals surface area contributed by atoms with Gasteiger partial charge in [0.15, 0.2) is 0 Å². The van der Waals surface area contributed by atoms with E-state index in [1.807, 2.05) is 13.8 Å². The average molecular weight is 285 g/mol. The third-order valence-corrected chi connectivity index (χ3v) is 3.71. The van der Waals surface area contributed by atoms with Crippen molar-refractivity contribution in [2.24, 2.45) is 0 Å². The maximum absolute atomic E-state index is 11.7. The van der Waals surface area contributed by atoms with Gasteiger partial charge in [0.1, 0.15) is 0 Å². The molecule has 0 unspecified atom stereocenters. The van der Waals surface area contributed by atoms with Crippen LogP contribution in [0.4, 0.5) is 5.00 Å². The van der Waals surface area contributed by atoms with Crippen LogP contribution in [0.25, 0.3) is 0 Å². The molecule has 1 N–H and O–H groups in total. The molecule has 0 aliphatic rings. The van der Waals surface area contributed by atoms with Gasteiger partial charge in [-0.05, 0) is 19.4 Å². The third-order valence-electron chi connectivity index (χ3n) is 2.78. The van der Waals surface area contributed by atoms with E-state index in [9.17, 15) is 14.9 Å². The van der Waals surface area contributed by atoms with E-state index in [1.54, 1.807) is 16.3 Å². The highest BCUT2D eigenvalue weighted by Gasteiger charge is 2.10. The van der Waals surface area contributed by atoms with Crippen molar-refractivity contribution >= 4 is 22.2 Å². The van der Waals surface area contributed by atoms with Crippen LogP contribution in [0.5, 0.6) is 0 Å². The van der Waals surface area contributed by atoms with E-state index in [-0.39, 0.29) is 10.9 Å². The molecule has 106 valence electrons. The van der Waals surface area contributed by atoms with Gasteiger partial charge >= 0.3 is 5.00 Å². The molecule has 0 saturated carbocycles. The number of carbonyl (C=O) groups is 1. The summed E-state index contributed by atoms with van der Waals surface area (Å²) < 4.78 is 0. The van der Waals surface area contributed by atoms with Crippen LogP contribution in [0.3, 0.4) is 0 Å². The van der Waals surface area contributed by atoms with E-state index in [0.717, 1.165) is 30.0 Å². The number of thiophene rings is 1. The Morgan fingerprint density at radius 3 is 2.68 bits per heavy atom. The van der Waals surface area contributed by atoms with Crippen LogP contribution in [0, 0.1) is 10.1 Å². The van der Waals surface area contributed by atoms with Crippen LogP contribution in [-0.4, -0.2) is 35.4 Å². The number of rotatable bonds is 8. The summed E-state index contributed by atoms with van der Waals surface area (Å²) in [5, 5.41) is 15.6. The van der Waals surface area contributed by atoms with Gasteiger partial charge in [0, 0.05) is 44.0 Å². The zero-order chi connectivity index (χ0) is 14.3. The van der Waals surface area contributed by atoms with Crippen molar-refractivity contribution in [3.8, 4) is 0 Å². The number of hydrogen-bond donors (Lipinski definition) is 1. The molecule has 0 bridgehead atoms. The number of nitro groups is 1. The minimum Gasteiger partial charge on any atom is -0.343 e. The lowest BCUT2D eigenvalue weighted by molar-refractivity contribution is -0.380. The van der Waals surface area contributed by atoms with Crippen molar-refractivity contribution in [2.75, 3.05) is 19.6 Å². The average Bonchev–Trinajstić information content (AvgIpc) is 2.85. The van der Waals surface area contributed by atoms with E-state index >= 15 is 0 Å². The van der Waals surface area contributed by atoms with Crippen molar-refractivity contribution in [1.29, 1.82) is 0 Å². The summed E-state index contributed by atoms with van der Waals surface area (Å²) >= 11 is 1.12. The zero-order valence-corrected chi connectivity index (χ0v) is 12.0. The molecule has 6 nitrogen and oxygen atoms in total. The molecule has 1 rings (SSSR count). The van der Waals surface area contributed by atoms with Crippen LogP contribution in [0.2, 0.25) is 0 Å². The molecule has 1 aromatic heterocycles. The predicted octanol–water partition coefficient (Wildman–Crippen LogP) is 2.00. The number of carbonyl (C=O) groups excluding carboxylic acids is 1. The Morgan fingerprint density at radius 2 is 2.16 bits per heavy atom. The topological polar surface area (TPSA) is 75.5 Å². The fourth-order valence-corrected chi connectivity index (χ4v) is 2.44. The van der Waals surface area contributed by atoms with Gasteiger partial charge in [0.25, 0.3) is 0 Å². The number of amides is 1. The lowest BCUT2D eigenvalue weighted by atomic mass is 10.3. The monoisotopic (exact) mass is 285 g/mol. The smallest absolute Gasteiger partial charge is 0.324 e. The van der Waals surface area contributed by atoms with Crippen molar-refractivity contribution in [2.45, 2.75) is 26.8 Å². The highest BCUT2D eigenvalue weighted by atomic mass is 32.1. The Labute approximate surface area is 116 Å². The third kappa shape index (κ3) is 4.96. The summed E-state index contributed by atoms with van der Waals surface area (Å²) in [6.07, 6.45) is 0.452. The first kappa shape index (κ1) is 15.6. The summed E-state index contributed by atoms with van der Waals surface area (Å²) in [6.45, 7) is 6.51. The van der Waals surface area contributed by atoms with E-state index in [4.69, 9.17) is 0 Å². The lowest BCUT2D eigenvalue weighted by Crippen LogP contribution is -2.32. The molecule has 1 aromatic rings. The fraction of sp³-hybridized carbons (Fsp3) is 0.583. The van der Waals surface area contributed by atoms with E-state index in [2.05, 4.69) is 5.32 Å². The molecule has 0 aliphatic heterocycles. The van der Waals surface area contributed by atoms with Gasteiger partial charge in [-0.15, -0.1) is 0 Å². The SMILES string of the molecule is CCN(CC)C(=O)CCNCc1csc([N+](=O)[O-])c1. The molecule has 0 spiro atoms. The summed E-state index contributed by atoms with van der Waals surface area (Å²) in [7, 11) is 0. The van der Waals surface area contributed by atoms with Gasteiger partial charge in [-0.1, -0.05) is 11.3 Å². The van der Waals surface area contributed by atoms with E-state index < -0.39 is 4.92 Å². The molecule has 0 aromatic carbocycles. The molecule has 0 saturated heterocycles. The van der Waals surface area contributed by atoms with Gasteiger partial charge in [-0.25, -0.2) is 0 Å². The molecule has 0 atom stereocenters. The van der Waals surface area contributed by atoms with Crippen LogP contribution in [0.15, 0.2) is 11.4 Å². The van der Waals surface area contributed by atoms with E-state index in [1.165, 1.54) is 0 Å². The van der Waals surface area contributed by atoms with Gasteiger partial charge < -0.3 is 10.2 Å². The Bertz CT molecular complexity index is 430. The van der Waals surface area contributed by atoms with Crippen LogP contribution >= 0.6 is 11.3 Å². The van der Waals surface area contributed by atoms with Crippen molar-refractivity contribution < 1.29 is 9.72 Å². The molecule has 0 fully saturated rings. The Kier molecular flexibility index (Phi) is 6.44. The highest BCUT2D eigenvalue weighted by molar-refractivity contribution is 7.13. The molecule has 1 amide bonds. The lowest BCUT2D eigenvalue weighted by Gasteiger charge is -2.18. The number of hydrogen-bond acceptors (Lipinski definition) is 5. The predicted molar refractivity (Wildman–Crippen MR) is 75.2 cm³/mol. The molecule has 19 heavy (non-hydrogen) atoms. The standard InChI is InChI=1S/C12H19N3O3S/c1-3-14(4-2)11(16)5-6-13-8-10-7-12(15(17)18)19-9-10/h7,9,13H,3-6,8H2,1-2H3.